The molecule has 116 valence electrons. The van der Waals surface area contributed by atoms with Crippen LogP contribution in [0.3, 0.4) is 0 Å². The number of ether oxygens (including phenoxy) is 1. The lowest BCUT2D eigenvalue weighted by Crippen LogP contribution is -2.36. The molecule has 1 heterocycles. The van der Waals surface area contributed by atoms with Crippen molar-refractivity contribution in [3.63, 3.8) is 0 Å². The first-order valence-corrected chi connectivity index (χ1v) is 7.44. The van der Waals surface area contributed by atoms with Gasteiger partial charge in [-0.15, -0.1) is 0 Å². The first kappa shape index (κ1) is 16.2. The van der Waals surface area contributed by atoms with E-state index in [4.69, 9.17) is 16.3 Å². The van der Waals surface area contributed by atoms with Gasteiger partial charge in [0, 0.05) is 11.9 Å². The van der Waals surface area contributed by atoms with E-state index < -0.39 is 12.1 Å². The highest BCUT2D eigenvalue weighted by molar-refractivity contribution is 6.29. The fourth-order valence-corrected chi connectivity index (χ4v) is 2.06. The van der Waals surface area contributed by atoms with Crippen molar-refractivity contribution in [2.24, 2.45) is 0 Å². The molecule has 6 heteroatoms. The van der Waals surface area contributed by atoms with Gasteiger partial charge in [-0.2, -0.15) is 0 Å². The number of hydrogen-bond donors (Lipinski definition) is 1. The van der Waals surface area contributed by atoms with Crippen LogP contribution in [-0.4, -0.2) is 29.5 Å². The summed E-state index contributed by atoms with van der Waals surface area (Å²) in [5.74, 6) is -0.847. The van der Waals surface area contributed by atoms with Crippen LogP contribution in [0, 0.1) is 0 Å². The van der Waals surface area contributed by atoms with Crippen LogP contribution in [0.1, 0.15) is 30.6 Å². The first-order chi connectivity index (χ1) is 10.5. The van der Waals surface area contributed by atoms with E-state index in [1.54, 1.807) is 37.3 Å². The van der Waals surface area contributed by atoms with Gasteiger partial charge in [-0.25, -0.2) is 9.78 Å². The molecule has 5 nitrogen and oxygen atoms in total. The van der Waals surface area contributed by atoms with Gasteiger partial charge in [-0.05, 0) is 43.7 Å². The maximum Gasteiger partial charge on any atom is 0.338 e. The Morgan fingerprint density at radius 2 is 2.09 bits per heavy atom. The molecule has 0 spiro atoms. The average Bonchev–Trinajstić information content (AvgIpc) is 2.51. The third-order valence-corrected chi connectivity index (χ3v) is 3.30. The van der Waals surface area contributed by atoms with Crippen molar-refractivity contribution in [2.75, 3.05) is 6.54 Å². The van der Waals surface area contributed by atoms with Crippen molar-refractivity contribution >= 4 is 34.4 Å². The molecular formula is C16H17ClN2O3. The Morgan fingerprint density at radius 1 is 1.32 bits per heavy atom. The number of nitrogens with one attached hydrogen (secondary N) is 1. The van der Waals surface area contributed by atoms with E-state index in [0.29, 0.717) is 22.8 Å². The SMILES string of the molecule is CCCNC(=O)C(C)OC(=O)c1ccc2nc(Cl)ccc2c1. The van der Waals surface area contributed by atoms with Crippen molar-refractivity contribution in [3.05, 3.63) is 41.0 Å². The third kappa shape index (κ3) is 3.95. The first-order valence-electron chi connectivity index (χ1n) is 7.06. The van der Waals surface area contributed by atoms with Crippen molar-refractivity contribution in [1.29, 1.82) is 0 Å². The predicted octanol–water partition coefficient (Wildman–Crippen LogP) is 2.96. The van der Waals surface area contributed by atoms with Crippen LogP contribution in [-0.2, 0) is 9.53 Å². The molecule has 2 rings (SSSR count). The Hall–Kier alpha value is -2.14. The lowest BCUT2D eigenvalue weighted by Gasteiger charge is -2.13. The smallest absolute Gasteiger partial charge is 0.338 e. The summed E-state index contributed by atoms with van der Waals surface area (Å²) in [5, 5.41) is 3.86. The molecule has 22 heavy (non-hydrogen) atoms. The Morgan fingerprint density at radius 3 is 2.82 bits per heavy atom. The Balaban J connectivity index is 2.09. The van der Waals surface area contributed by atoms with Gasteiger partial charge in [0.15, 0.2) is 6.10 Å². The maximum absolute atomic E-state index is 12.1. The van der Waals surface area contributed by atoms with Crippen molar-refractivity contribution in [1.82, 2.24) is 10.3 Å². The van der Waals surface area contributed by atoms with Crippen LogP contribution in [0.15, 0.2) is 30.3 Å². The van der Waals surface area contributed by atoms with Crippen molar-refractivity contribution in [3.8, 4) is 0 Å². The van der Waals surface area contributed by atoms with Crippen molar-refractivity contribution < 1.29 is 14.3 Å². The molecule has 1 N–H and O–H groups in total. The number of fused-ring (bicyclic) bond motifs is 1. The highest BCUT2D eigenvalue weighted by Gasteiger charge is 2.18. The Labute approximate surface area is 133 Å². The molecule has 0 bridgehead atoms. The van der Waals surface area contributed by atoms with E-state index in [1.165, 1.54) is 0 Å². The molecule has 1 atom stereocenters. The van der Waals surface area contributed by atoms with Crippen LogP contribution in [0.25, 0.3) is 10.9 Å². The van der Waals surface area contributed by atoms with E-state index >= 15 is 0 Å². The van der Waals surface area contributed by atoms with E-state index in [0.717, 1.165) is 11.8 Å². The number of carbonyl (C=O) groups is 2. The molecule has 0 fully saturated rings. The number of halogens is 1. The second-order valence-electron chi connectivity index (χ2n) is 4.88. The molecule has 0 radical (unpaired) electrons. The number of hydrogen-bond acceptors (Lipinski definition) is 4. The number of carbonyl (C=O) groups excluding carboxylic acids is 2. The van der Waals surface area contributed by atoms with Gasteiger partial charge in [0.05, 0.1) is 11.1 Å². The molecule has 1 aromatic carbocycles. The highest BCUT2D eigenvalue weighted by atomic mass is 35.5. The molecule has 2 aromatic rings. The predicted molar refractivity (Wildman–Crippen MR) is 84.9 cm³/mol. The van der Waals surface area contributed by atoms with Gasteiger partial charge in [0.1, 0.15) is 5.15 Å². The summed E-state index contributed by atoms with van der Waals surface area (Å²) in [6, 6.07) is 8.39. The summed E-state index contributed by atoms with van der Waals surface area (Å²) in [6.45, 7) is 4.06. The van der Waals surface area contributed by atoms with E-state index in [1.807, 2.05) is 6.92 Å². The number of aromatic nitrogens is 1. The normalized spacial score (nSPS) is 12.0. The zero-order valence-corrected chi connectivity index (χ0v) is 13.2. The molecule has 0 aliphatic carbocycles. The van der Waals surface area contributed by atoms with Gasteiger partial charge in [0.25, 0.3) is 5.91 Å². The molecule has 1 amide bonds. The van der Waals surface area contributed by atoms with E-state index in [-0.39, 0.29) is 5.91 Å². The second kappa shape index (κ2) is 7.22. The standard InChI is InChI=1S/C16H17ClN2O3/c1-3-8-18-15(20)10(2)22-16(21)12-4-6-13-11(9-12)5-7-14(17)19-13/h4-7,9-10H,3,8H2,1-2H3,(H,18,20). The number of nitrogens with zero attached hydrogens (tertiary/aromatic N) is 1. The zero-order chi connectivity index (χ0) is 16.1. The van der Waals surface area contributed by atoms with Gasteiger partial charge < -0.3 is 10.1 Å². The molecular weight excluding hydrogens is 304 g/mol. The largest absolute Gasteiger partial charge is 0.449 e. The fraction of sp³-hybridized carbons (Fsp3) is 0.312. The number of esters is 1. The molecule has 1 aromatic heterocycles. The van der Waals surface area contributed by atoms with Crippen molar-refractivity contribution in [2.45, 2.75) is 26.4 Å². The molecule has 0 aliphatic rings. The fourth-order valence-electron chi connectivity index (χ4n) is 1.90. The minimum atomic E-state index is -0.835. The topological polar surface area (TPSA) is 68.3 Å². The maximum atomic E-state index is 12.1. The summed E-state index contributed by atoms with van der Waals surface area (Å²) < 4.78 is 5.17. The van der Waals surface area contributed by atoms with Gasteiger partial charge in [-0.1, -0.05) is 18.5 Å². The van der Waals surface area contributed by atoms with Crippen LogP contribution in [0.5, 0.6) is 0 Å². The lowest BCUT2D eigenvalue weighted by atomic mass is 10.1. The van der Waals surface area contributed by atoms with Crippen LogP contribution in [0.2, 0.25) is 5.15 Å². The summed E-state index contributed by atoms with van der Waals surface area (Å²) in [7, 11) is 0. The van der Waals surface area contributed by atoms with E-state index in [2.05, 4.69) is 10.3 Å². The Kier molecular flexibility index (Phi) is 5.33. The third-order valence-electron chi connectivity index (χ3n) is 3.09. The van der Waals surface area contributed by atoms with Gasteiger partial charge >= 0.3 is 5.97 Å². The molecule has 1 unspecified atom stereocenters. The monoisotopic (exact) mass is 320 g/mol. The summed E-state index contributed by atoms with van der Waals surface area (Å²) in [4.78, 5) is 27.9. The second-order valence-corrected chi connectivity index (χ2v) is 5.27. The van der Waals surface area contributed by atoms with Gasteiger partial charge in [-0.3, -0.25) is 4.79 Å². The number of rotatable bonds is 5. The summed E-state index contributed by atoms with van der Waals surface area (Å²) in [6.07, 6.45) is -0.00907. The Bertz CT molecular complexity index is 703. The van der Waals surface area contributed by atoms with E-state index in [9.17, 15) is 9.59 Å². The highest BCUT2D eigenvalue weighted by Crippen LogP contribution is 2.18. The van der Waals surface area contributed by atoms with Crippen LogP contribution in [0.4, 0.5) is 0 Å². The minimum absolute atomic E-state index is 0.301. The van der Waals surface area contributed by atoms with Crippen LogP contribution < -0.4 is 5.32 Å². The zero-order valence-electron chi connectivity index (χ0n) is 12.4. The summed E-state index contributed by atoms with van der Waals surface area (Å²) >= 11 is 5.82. The summed E-state index contributed by atoms with van der Waals surface area (Å²) in [5.41, 5.74) is 1.06. The average molecular weight is 321 g/mol. The lowest BCUT2D eigenvalue weighted by molar-refractivity contribution is -0.129. The van der Waals surface area contributed by atoms with Crippen LogP contribution >= 0.6 is 11.6 Å². The van der Waals surface area contributed by atoms with Gasteiger partial charge in [0.2, 0.25) is 0 Å². The molecule has 0 aliphatic heterocycles. The number of pyridine rings is 1. The number of benzene rings is 1. The minimum Gasteiger partial charge on any atom is -0.449 e. The number of amides is 1. The molecule has 0 saturated carbocycles. The molecule has 0 saturated heterocycles. The quantitative estimate of drug-likeness (QED) is 0.679.